The predicted molar refractivity (Wildman–Crippen MR) is 129 cm³/mol. The monoisotopic (exact) mass is 463 g/mol. The van der Waals surface area contributed by atoms with Gasteiger partial charge >= 0.3 is 0 Å². The van der Waals surface area contributed by atoms with Crippen molar-refractivity contribution in [3.05, 3.63) is 58.6 Å². The van der Waals surface area contributed by atoms with Gasteiger partial charge < -0.3 is 14.5 Å². The van der Waals surface area contributed by atoms with Crippen LogP contribution in [0.3, 0.4) is 0 Å². The summed E-state index contributed by atoms with van der Waals surface area (Å²) in [6, 6.07) is 14.2. The first-order chi connectivity index (χ1) is 14.6. The van der Waals surface area contributed by atoms with Crippen molar-refractivity contribution >= 4 is 35.6 Å². The summed E-state index contributed by atoms with van der Waals surface area (Å²) in [4.78, 5) is 18.6. The molecule has 4 rings (SSSR count). The van der Waals surface area contributed by atoms with E-state index in [-0.39, 0.29) is 18.3 Å². The minimum absolute atomic E-state index is 0. The van der Waals surface area contributed by atoms with Crippen molar-refractivity contribution in [3.8, 4) is 5.75 Å². The molecular formula is C24H31Cl2N3O2. The molecule has 31 heavy (non-hydrogen) atoms. The number of amides is 1. The molecular weight excluding hydrogens is 433 g/mol. The van der Waals surface area contributed by atoms with E-state index in [0.29, 0.717) is 11.6 Å². The zero-order valence-corrected chi connectivity index (χ0v) is 19.6. The van der Waals surface area contributed by atoms with Gasteiger partial charge in [0.25, 0.3) is 0 Å². The number of carbonyl (C=O) groups is 1. The Morgan fingerprint density at radius 3 is 2.42 bits per heavy atom. The molecule has 2 aromatic rings. The summed E-state index contributed by atoms with van der Waals surface area (Å²) >= 11 is 6.14. The average molecular weight is 464 g/mol. The number of hydrogen-bond donors (Lipinski definition) is 0. The fourth-order valence-electron chi connectivity index (χ4n) is 4.31. The SMILES string of the molecule is CC(=O)N1CCc2cc(CCN3CCN(CCOc4ccccc4Cl)CC3)ccc21.Cl. The number of hydrogen-bond acceptors (Lipinski definition) is 4. The zero-order chi connectivity index (χ0) is 20.9. The highest BCUT2D eigenvalue weighted by Gasteiger charge is 2.22. The van der Waals surface area contributed by atoms with Gasteiger partial charge in [0.05, 0.1) is 5.02 Å². The van der Waals surface area contributed by atoms with Crippen LogP contribution in [-0.2, 0) is 17.6 Å². The molecule has 0 bridgehead atoms. The van der Waals surface area contributed by atoms with Crippen molar-refractivity contribution in [1.82, 2.24) is 9.80 Å². The highest BCUT2D eigenvalue weighted by atomic mass is 35.5. The summed E-state index contributed by atoms with van der Waals surface area (Å²) in [5.41, 5.74) is 3.78. The first-order valence-electron chi connectivity index (χ1n) is 10.8. The lowest BCUT2D eigenvalue weighted by atomic mass is 10.1. The lowest BCUT2D eigenvalue weighted by Gasteiger charge is -2.34. The maximum atomic E-state index is 11.7. The van der Waals surface area contributed by atoms with Crippen LogP contribution in [0.4, 0.5) is 5.69 Å². The lowest BCUT2D eigenvalue weighted by Crippen LogP contribution is -2.47. The summed E-state index contributed by atoms with van der Waals surface area (Å²) < 4.78 is 5.82. The normalized spacial score (nSPS) is 16.6. The van der Waals surface area contributed by atoms with Gasteiger partial charge in [0.1, 0.15) is 12.4 Å². The molecule has 0 atom stereocenters. The molecule has 0 spiro atoms. The molecule has 1 fully saturated rings. The Morgan fingerprint density at radius 1 is 1.00 bits per heavy atom. The van der Waals surface area contributed by atoms with Crippen molar-refractivity contribution in [3.63, 3.8) is 0 Å². The second-order valence-corrected chi connectivity index (χ2v) is 8.50. The molecule has 0 radical (unpaired) electrons. The van der Waals surface area contributed by atoms with Gasteiger partial charge in [0.15, 0.2) is 0 Å². The van der Waals surface area contributed by atoms with Crippen LogP contribution in [0.5, 0.6) is 5.75 Å². The molecule has 0 unspecified atom stereocenters. The highest BCUT2D eigenvalue weighted by molar-refractivity contribution is 6.32. The van der Waals surface area contributed by atoms with Crippen LogP contribution >= 0.6 is 24.0 Å². The molecule has 2 aliphatic rings. The highest BCUT2D eigenvalue weighted by Crippen LogP contribution is 2.29. The van der Waals surface area contributed by atoms with Crippen molar-refractivity contribution in [1.29, 1.82) is 0 Å². The van der Waals surface area contributed by atoms with Gasteiger partial charge in [-0.15, -0.1) is 12.4 Å². The Labute approximate surface area is 196 Å². The van der Waals surface area contributed by atoms with Crippen LogP contribution < -0.4 is 9.64 Å². The van der Waals surface area contributed by atoms with E-state index in [4.69, 9.17) is 16.3 Å². The minimum atomic E-state index is 0. The van der Waals surface area contributed by atoms with Gasteiger partial charge in [-0.2, -0.15) is 0 Å². The van der Waals surface area contributed by atoms with E-state index < -0.39 is 0 Å². The number of nitrogens with zero attached hydrogens (tertiary/aromatic N) is 3. The lowest BCUT2D eigenvalue weighted by molar-refractivity contribution is -0.116. The first-order valence-corrected chi connectivity index (χ1v) is 11.2. The largest absolute Gasteiger partial charge is 0.491 e. The molecule has 168 valence electrons. The molecule has 1 saturated heterocycles. The van der Waals surface area contributed by atoms with Gasteiger partial charge in [-0.05, 0) is 42.2 Å². The number of fused-ring (bicyclic) bond motifs is 1. The van der Waals surface area contributed by atoms with E-state index in [1.807, 2.05) is 29.2 Å². The number of piperazine rings is 1. The number of carbonyl (C=O) groups excluding carboxylic acids is 1. The molecule has 0 N–H and O–H groups in total. The van der Waals surface area contributed by atoms with Crippen LogP contribution in [0.25, 0.3) is 0 Å². The Kier molecular flexibility index (Phi) is 8.61. The zero-order valence-electron chi connectivity index (χ0n) is 18.1. The first kappa shape index (κ1) is 23.9. The van der Waals surface area contributed by atoms with Gasteiger partial charge in [-0.1, -0.05) is 35.9 Å². The Bertz CT molecular complexity index is 885. The summed E-state index contributed by atoms with van der Waals surface area (Å²) in [6.07, 6.45) is 2.03. The molecule has 2 aliphatic heterocycles. The number of ether oxygens (including phenoxy) is 1. The fraction of sp³-hybridized carbons (Fsp3) is 0.458. The molecule has 2 aromatic carbocycles. The summed E-state index contributed by atoms with van der Waals surface area (Å²) in [5.74, 6) is 0.898. The third-order valence-electron chi connectivity index (χ3n) is 6.10. The molecule has 1 amide bonds. The molecule has 2 heterocycles. The maximum Gasteiger partial charge on any atom is 0.223 e. The third-order valence-corrected chi connectivity index (χ3v) is 6.42. The number of para-hydroxylation sites is 1. The quantitative estimate of drug-likeness (QED) is 0.623. The van der Waals surface area contributed by atoms with Crippen LogP contribution in [0.2, 0.25) is 5.02 Å². The second-order valence-electron chi connectivity index (χ2n) is 8.10. The molecule has 7 heteroatoms. The van der Waals surface area contributed by atoms with Crippen LogP contribution in [0.1, 0.15) is 18.1 Å². The van der Waals surface area contributed by atoms with Crippen LogP contribution in [0, 0.1) is 0 Å². The maximum absolute atomic E-state index is 11.7. The van der Waals surface area contributed by atoms with E-state index >= 15 is 0 Å². The Hall–Kier alpha value is -1.79. The minimum Gasteiger partial charge on any atom is -0.491 e. The van der Waals surface area contributed by atoms with Crippen LogP contribution in [-0.4, -0.2) is 68.1 Å². The summed E-state index contributed by atoms with van der Waals surface area (Å²) in [5, 5.41) is 0.669. The van der Waals surface area contributed by atoms with Gasteiger partial charge in [-0.25, -0.2) is 0 Å². The van der Waals surface area contributed by atoms with Crippen LogP contribution in [0.15, 0.2) is 42.5 Å². The average Bonchev–Trinajstić information content (AvgIpc) is 3.18. The second kappa shape index (κ2) is 11.2. The molecule has 0 aliphatic carbocycles. The van der Waals surface area contributed by atoms with Crippen molar-refractivity contribution in [2.24, 2.45) is 0 Å². The summed E-state index contributed by atoms with van der Waals surface area (Å²) in [6.45, 7) is 9.46. The molecule has 0 aromatic heterocycles. The fourth-order valence-corrected chi connectivity index (χ4v) is 4.50. The number of benzene rings is 2. The number of rotatable bonds is 7. The Morgan fingerprint density at radius 2 is 1.71 bits per heavy atom. The van der Waals surface area contributed by atoms with Gasteiger partial charge in [0, 0.05) is 58.4 Å². The van der Waals surface area contributed by atoms with Crippen molar-refractivity contribution in [2.75, 3.05) is 57.3 Å². The predicted octanol–water partition coefficient (Wildman–Crippen LogP) is 3.91. The number of anilines is 1. The van der Waals surface area contributed by atoms with E-state index in [2.05, 4.69) is 28.0 Å². The smallest absolute Gasteiger partial charge is 0.223 e. The molecule has 0 saturated carbocycles. The standard InChI is InChI=1S/C24H30ClN3O2.ClH/c1-19(29)28-11-9-21-18-20(6-7-23(21)28)8-10-26-12-14-27(15-13-26)16-17-30-24-5-3-2-4-22(24)25;/h2-7,18H,8-17H2,1H3;1H. The van der Waals surface area contributed by atoms with Gasteiger partial charge in [-0.3, -0.25) is 9.69 Å². The van der Waals surface area contributed by atoms with E-state index in [1.165, 1.54) is 11.1 Å². The number of halogens is 2. The van der Waals surface area contributed by atoms with Crippen molar-refractivity contribution < 1.29 is 9.53 Å². The Balaban J connectivity index is 0.00000272. The summed E-state index contributed by atoms with van der Waals surface area (Å²) in [7, 11) is 0. The van der Waals surface area contributed by atoms with E-state index in [0.717, 1.165) is 70.1 Å². The molecule has 5 nitrogen and oxygen atoms in total. The third kappa shape index (κ3) is 6.13. The van der Waals surface area contributed by atoms with E-state index in [1.54, 1.807) is 6.92 Å². The van der Waals surface area contributed by atoms with Gasteiger partial charge in [0.2, 0.25) is 5.91 Å². The van der Waals surface area contributed by atoms with E-state index in [9.17, 15) is 4.79 Å². The topological polar surface area (TPSA) is 36.0 Å². The van der Waals surface area contributed by atoms with Crippen molar-refractivity contribution in [2.45, 2.75) is 19.8 Å².